The number of rotatable bonds is 6. The summed E-state index contributed by atoms with van der Waals surface area (Å²) >= 11 is 0. The summed E-state index contributed by atoms with van der Waals surface area (Å²) in [4.78, 5) is 27.8. The molecule has 5 rings (SSSR count). The molecule has 1 unspecified atom stereocenters. The zero-order chi connectivity index (χ0) is 26.1. The molecule has 1 heterocycles. The van der Waals surface area contributed by atoms with Crippen LogP contribution in [0.1, 0.15) is 30.5 Å². The lowest BCUT2D eigenvalue weighted by atomic mass is 9.91. The molecule has 186 valence electrons. The molecule has 5 nitrogen and oxygen atoms in total. The maximum atomic E-state index is 14.2. The van der Waals surface area contributed by atoms with Gasteiger partial charge in [0.2, 0.25) is 0 Å². The number of hydrogen-bond acceptors (Lipinski definition) is 4. The maximum Gasteiger partial charge on any atom is 0.300 e. The number of carbonyl (C=O) groups excluding carboxylic acids is 2. The molecule has 0 spiro atoms. The van der Waals surface area contributed by atoms with Gasteiger partial charge in [0.25, 0.3) is 11.7 Å². The zero-order valence-electron chi connectivity index (χ0n) is 19.9. The number of fused-ring (bicyclic) bond motifs is 1. The van der Waals surface area contributed by atoms with E-state index in [1.165, 1.54) is 6.07 Å². The van der Waals surface area contributed by atoms with E-state index >= 15 is 0 Å². The first-order valence-corrected chi connectivity index (χ1v) is 11.9. The van der Waals surface area contributed by atoms with Gasteiger partial charge in [0.15, 0.2) is 11.6 Å². The van der Waals surface area contributed by atoms with Crippen LogP contribution in [0, 0.1) is 11.6 Å². The Balaban J connectivity index is 1.72. The summed E-state index contributed by atoms with van der Waals surface area (Å²) in [5.41, 5.74) is 0.735. The Morgan fingerprint density at radius 1 is 0.919 bits per heavy atom. The van der Waals surface area contributed by atoms with Crippen LogP contribution in [-0.4, -0.2) is 23.4 Å². The van der Waals surface area contributed by atoms with Crippen LogP contribution in [0.4, 0.5) is 14.5 Å². The zero-order valence-corrected chi connectivity index (χ0v) is 19.9. The van der Waals surface area contributed by atoms with Crippen LogP contribution in [0.15, 0.2) is 90.5 Å². The first-order chi connectivity index (χ1) is 17.9. The predicted octanol–water partition coefficient (Wildman–Crippen LogP) is 6.53. The van der Waals surface area contributed by atoms with E-state index in [0.29, 0.717) is 23.5 Å². The van der Waals surface area contributed by atoms with Crippen molar-refractivity contribution in [3.8, 4) is 5.75 Å². The Labute approximate surface area is 212 Å². The number of nitrogens with zero attached hydrogens (tertiary/aromatic N) is 1. The number of ether oxygens (including phenoxy) is 1. The second-order valence-electron chi connectivity index (χ2n) is 8.71. The minimum absolute atomic E-state index is 0.00120. The smallest absolute Gasteiger partial charge is 0.300 e. The molecule has 0 radical (unpaired) electrons. The van der Waals surface area contributed by atoms with Crippen molar-refractivity contribution in [1.29, 1.82) is 0 Å². The van der Waals surface area contributed by atoms with E-state index in [0.717, 1.165) is 34.2 Å². The number of ketones is 1. The molecule has 1 amide bonds. The van der Waals surface area contributed by atoms with Gasteiger partial charge in [0.05, 0.1) is 18.2 Å². The molecule has 1 aliphatic heterocycles. The number of aliphatic hydroxyl groups excluding tert-OH is 1. The lowest BCUT2D eigenvalue weighted by molar-refractivity contribution is -0.132. The molecule has 1 aliphatic rings. The number of hydrogen-bond donors (Lipinski definition) is 1. The molecular formula is C30H23F2NO4. The lowest BCUT2D eigenvalue weighted by Gasteiger charge is -2.26. The van der Waals surface area contributed by atoms with E-state index in [-0.39, 0.29) is 17.0 Å². The number of halogens is 2. The molecule has 4 aromatic rings. The average molecular weight is 500 g/mol. The number of anilines is 1. The highest BCUT2D eigenvalue weighted by Gasteiger charge is 2.47. The Hall–Kier alpha value is -4.52. The highest BCUT2D eigenvalue weighted by Crippen LogP contribution is 2.44. The molecular weight excluding hydrogens is 476 g/mol. The van der Waals surface area contributed by atoms with Gasteiger partial charge in [-0.25, -0.2) is 8.78 Å². The topological polar surface area (TPSA) is 66.8 Å². The summed E-state index contributed by atoms with van der Waals surface area (Å²) < 4.78 is 33.5. The fourth-order valence-corrected chi connectivity index (χ4v) is 4.60. The van der Waals surface area contributed by atoms with Crippen LogP contribution in [0.2, 0.25) is 0 Å². The van der Waals surface area contributed by atoms with E-state index < -0.39 is 29.4 Å². The van der Waals surface area contributed by atoms with Crippen molar-refractivity contribution in [3.63, 3.8) is 0 Å². The highest BCUT2D eigenvalue weighted by molar-refractivity contribution is 6.51. The number of aliphatic hydroxyl groups is 1. The number of amides is 1. The van der Waals surface area contributed by atoms with Crippen molar-refractivity contribution in [1.82, 2.24) is 0 Å². The summed E-state index contributed by atoms with van der Waals surface area (Å²) in [5.74, 6) is -3.87. The monoisotopic (exact) mass is 499 g/mol. The maximum absolute atomic E-state index is 14.2. The van der Waals surface area contributed by atoms with Crippen molar-refractivity contribution >= 4 is 33.9 Å². The lowest BCUT2D eigenvalue weighted by Crippen LogP contribution is -2.29. The van der Waals surface area contributed by atoms with Gasteiger partial charge in [-0.2, -0.15) is 0 Å². The molecule has 4 aromatic carbocycles. The second-order valence-corrected chi connectivity index (χ2v) is 8.71. The summed E-state index contributed by atoms with van der Waals surface area (Å²) in [6, 6.07) is 21.3. The van der Waals surface area contributed by atoms with E-state index in [9.17, 15) is 23.5 Å². The van der Waals surface area contributed by atoms with Gasteiger partial charge in [0, 0.05) is 17.3 Å². The fraction of sp³-hybridized carbons (Fsp3) is 0.133. The molecule has 1 atom stereocenters. The quantitative estimate of drug-likeness (QED) is 0.186. The Morgan fingerprint density at radius 2 is 1.65 bits per heavy atom. The van der Waals surface area contributed by atoms with Gasteiger partial charge in [-0.15, -0.1) is 0 Å². The normalized spacial score (nSPS) is 16.9. The Bertz CT molecular complexity index is 1540. The van der Waals surface area contributed by atoms with Crippen LogP contribution >= 0.6 is 0 Å². The van der Waals surface area contributed by atoms with Gasteiger partial charge in [-0.1, -0.05) is 49.4 Å². The predicted molar refractivity (Wildman–Crippen MR) is 137 cm³/mol. The van der Waals surface area contributed by atoms with Crippen molar-refractivity contribution in [2.45, 2.75) is 19.4 Å². The third-order valence-electron chi connectivity index (χ3n) is 6.34. The summed E-state index contributed by atoms with van der Waals surface area (Å²) in [6.45, 7) is 2.52. The third kappa shape index (κ3) is 4.33. The largest absolute Gasteiger partial charge is 0.507 e. The summed E-state index contributed by atoms with van der Waals surface area (Å²) in [6.07, 6.45) is 0.834. The molecule has 0 aromatic heterocycles. The SMILES string of the molecule is CCCOc1ccc(/C(O)=C2/C(=O)C(=O)N(c3ccc(F)c(F)c3)C2c2cccc3ccccc23)cc1. The minimum Gasteiger partial charge on any atom is -0.507 e. The molecule has 0 bridgehead atoms. The van der Waals surface area contributed by atoms with E-state index in [2.05, 4.69) is 0 Å². The van der Waals surface area contributed by atoms with Gasteiger partial charge >= 0.3 is 0 Å². The third-order valence-corrected chi connectivity index (χ3v) is 6.34. The van der Waals surface area contributed by atoms with E-state index in [1.807, 2.05) is 37.3 Å². The van der Waals surface area contributed by atoms with Gasteiger partial charge in [0.1, 0.15) is 11.5 Å². The minimum atomic E-state index is -1.15. The van der Waals surface area contributed by atoms with Crippen molar-refractivity contribution in [2.75, 3.05) is 11.5 Å². The Morgan fingerprint density at radius 3 is 2.38 bits per heavy atom. The van der Waals surface area contributed by atoms with Crippen molar-refractivity contribution in [2.24, 2.45) is 0 Å². The van der Waals surface area contributed by atoms with Crippen molar-refractivity contribution < 1.29 is 28.2 Å². The van der Waals surface area contributed by atoms with Gasteiger partial charge in [-0.3, -0.25) is 14.5 Å². The van der Waals surface area contributed by atoms with Crippen LogP contribution in [-0.2, 0) is 9.59 Å². The highest BCUT2D eigenvalue weighted by atomic mass is 19.2. The molecule has 0 aliphatic carbocycles. The second kappa shape index (κ2) is 9.85. The average Bonchev–Trinajstić information content (AvgIpc) is 3.18. The Kier molecular flexibility index (Phi) is 6.44. The molecule has 1 N–H and O–H groups in total. The molecule has 1 fully saturated rings. The number of benzene rings is 4. The van der Waals surface area contributed by atoms with Gasteiger partial charge < -0.3 is 9.84 Å². The van der Waals surface area contributed by atoms with Gasteiger partial charge in [-0.05, 0) is 59.2 Å². The van der Waals surface area contributed by atoms with Crippen LogP contribution in [0.25, 0.3) is 16.5 Å². The molecule has 1 saturated heterocycles. The number of Topliss-reactive ketones (excluding diaryl/α,β-unsaturated/α-hetero) is 1. The van der Waals surface area contributed by atoms with E-state index in [1.54, 1.807) is 36.4 Å². The summed E-state index contributed by atoms with van der Waals surface area (Å²) in [7, 11) is 0. The van der Waals surface area contributed by atoms with Crippen LogP contribution in [0.3, 0.4) is 0 Å². The van der Waals surface area contributed by atoms with Crippen LogP contribution < -0.4 is 9.64 Å². The van der Waals surface area contributed by atoms with Crippen LogP contribution in [0.5, 0.6) is 5.75 Å². The van der Waals surface area contributed by atoms with E-state index in [4.69, 9.17) is 4.74 Å². The summed E-state index contributed by atoms with van der Waals surface area (Å²) in [5, 5.41) is 13.0. The number of carbonyl (C=O) groups is 2. The molecule has 0 saturated carbocycles. The van der Waals surface area contributed by atoms with Crippen molar-refractivity contribution in [3.05, 3.63) is 113 Å². The first-order valence-electron chi connectivity index (χ1n) is 11.9. The molecule has 7 heteroatoms. The first kappa shape index (κ1) is 24.2. The fourth-order valence-electron chi connectivity index (χ4n) is 4.60. The molecule has 37 heavy (non-hydrogen) atoms. The standard InChI is InChI=1S/C30H23F2NO4/c1-2-16-37-21-13-10-19(11-14-21)28(34)26-27(23-9-5-7-18-6-3-4-8-22(18)23)33(30(36)29(26)35)20-12-15-24(31)25(32)17-20/h3-15,17,27,34H,2,16H2,1H3/b28-26-.